The van der Waals surface area contributed by atoms with Crippen molar-refractivity contribution in [1.82, 2.24) is 4.90 Å². The standard InChI is InChI=1S/C15H24N2/c1-12-5-6-15(16-9-12)7-8-17-10-13-3-2-4-14(13)11-17/h9,13-14H,2-8,10-11H2,1H3. The summed E-state index contributed by atoms with van der Waals surface area (Å²) >= 11 is 0. The second kappa shape index (κ2) is 4.93. The van der Waals surface area contributed by atoms with E-state index >= 15 is 0 Å². The molecule has 0 aromatic rings. The average molecular weight is 232 g/mol. The molecule has 94 valence electrons. The Morgan fingerprint density at radius 2 is 2.00 bits per heavy atom. The van der Waals surface area contributed by atoms with Gasteiger partial charge in [-0.1, -0.05) is 12.0 Å². The number of rotatable bonds is 3. The van der Waals surface area contributed by atoms with Gasteiger partial charge >= 0.3 is 0 Å². The maximum absolute atomic E-state index is 4.57. The molecule has 0 amide bonds. The van der Waals surface area contributed by atoms with Crippen LogP contribution >= 0.6 is 0 Å². The van der Waals surface area contributed by atoms with E-state index in [4.69, 9.17) is 0 Å². The summed E-state index contributed by atoms with van der Waals surface area (Å²) in [6.45, 7) is 6.17. The lowest BCUT2D eigenvalue weighted by atomic mass is 10.0. The Morgan fingerprint density at radius 1 is 1.24 bits per heavy atom. The Morgan fingerprint density at radius 3 is 2.65 bits per heavy atom. The number of hydrogen-bond acceptors (Lipinski definition) is 2. The van der Waals surface area contributed by atoms with Gasteiger partial charge in [0.05, 0.1) is 0 Å². The Bertz CT molecular complexity index is 331. The first-order chi connectivity index (χ1) is 8.31. The third kappa shape index (κ3) is 2.62. The van der Waals surface area contributed by atoms with E-state index in [1.807, 2.05) is 0 Å². The normalized spacial score (nSPS) is 33.5. The summed E-state index contributed by atoms with van der Waals surface area (Å²) in [4.78, 5) is 7.25. The SMILES string of the molecule is CC1=CN=C(CCN2CC3CCCC3C2)CC1. The summed E-state index contributed by atoms with van der Waals surface area (Å²) in [5.41, 5.74) is 2.86. The molecule has 2 unspecified atom stereocenters. The average Bonchev–Trinajstić information content (AvgIpc) is 2.88. The predicted molar refractivity (Wildman–Crippen MR) is 72.3 cm³/mol. The molecule has 0 spiro atoms. The fourth-order valence-corrected chi connectivity index (χ4v) is 3.66. The van der Waals surface area contributed by atoms with Crippen LogP contribution in [-0.2, 0) is 0 Å². The molecule has 1 saturated carbocycles. The molecule has 3 aliphatic rings. The van der Waals surface area contributed by atoms with Gasteiger partial charge in [-0.3, -0.25) is 4.99 Å². The van der Waals surface area contributed by atoms with Gasteiger partial charge in [0.25, 0.3) is 0 Å². The minimum absolute atomic E-state index is 1.03. The molecule has 0 aromatic carbocycles. The zero-order valence-corrected chi connectivity index (χ0v) is 11.0. The van der Waals surface area contributed by atoms with Gasteiger partial charge < -0.3 is 4.90 Å². The molecular formula is C15H24N2. The van der Waals surface area contributed by atoms with Gasteiger partial charge in [-0.2, -0.15) is 0 Å². The monoisotopic (exact) mass is 232 g/mol. The molecule has 2 fully saturated rings. The van der Waals surface area contributed by atoms with E-state index in [0.29, 0.717) is 0 Å². The van der Waals surface area contributed by atoms with E-state index in [2.05, 4.69) is 23.0 Å². The summed E-state index contributed by atoms with van der Waals surface area (Å²) < 4.78 is 0. The fraction of sp³-hybridized carbons (Fsp3) is 0.800. The first-order valence-corrected chi connectivity index (χ1v) is 7.25. The molecule has 17 heavy (non-hydrogen) atoms. The molecule has 1 aliphatic carbocycles. The van der Waals surface area contributed by atoms with Crippen LogP contribution in [0.1, 0.15) is 45.4 Å². The molecule has 2 nitrogen and oxygen atoms in total. The highest BCUT2D eigenvalue weighted by atomic mass is 15.2. The molecule has 0 bridgehead atoms. The van der Waals surface area contributed by atoms with E-state index in [-0.39, 0.29) is 0 Å². The van der Waals surface area contributed by atoms with Crippen LogP contribution in [0.15, 0.2) is 16.8 Å². The first kappa shape index (κ1) is 11.5. The van der Waals surface area contributed by atoms with E-state index < -0.39 is 0 Å². The van der Waals surface area contributed by atoms with Crippen LogP contribution < -0.4 is 0 Å². The summed E-state index contributed by atoms with van der Waals surface area (Å²) in [7, 11) is 0. The largest absolute Gasteiger partial charge is 0.302 e. The van der Waals surface area contributed by atoms with E-state index in [9.17, 15) is 0 Å². The van der Waals surface area contributed by atoms with Crippen molar-refractivity contribution in [1.29, 1.82) is 0 Å². The van der Waals surface area contributed by atoms with Crippen LogP contribution in [0, 0.1) is 11.8 Å². The quantitative estimate of drug-likeness (QED) is 0.729. The number of likely N-dealkylation sites (tertiary alicyclic amines) is 1. The summed E-state index contributed by atoms with van der Waals surface area (Å²) in [5.74, 6) is 2.07. The second-order valence-electron chi connectivity index (χ2n) is 6.13. The third-order valence-electron chi connectivity index (χ3n) is 4.79. The minimum Gasteiger partial charge on any atom is -0.302 e. The lowest BCUT2D eigenvalue weighted by Gasteiger charge is -2.18. The van der Waals surface area contributed by atoms with E-state index in [1.54, 1.807) is 0 Å². The summed E-state index contributed by atoms with van der Waals surface area (Å²) in [6, 6.07) is 0. The molecule has 2 atom stereocenters. The van der Waals surface area contributed by atoms with Crippen LogP contribution in [0.5, 0.6) is 0 Å². The highest BCUT2D eigenvalue weighted by molar-refractivity contribution is 5.86. The van der Waals surface area contributed by atoms with Crippen LogP contribution in [0.2, 0.25) is 0 Å². The maximum Gasteiger partial charge on any atom is 0.0256 e. The van der Waals surface area contributed by atoms with Crippen molar-refractivity contribution < 1.29 is 0 Å². The predicted octanol–water partition coefficient (Wildman–Crippen LogP) is 3.25. The van der Waals surface area contributed by atoms with Crippen molar-refractivity contribution in [2.45, 2.75) is 45.4 Å². The van der Waals surface area contributed by atoms with Crippen molar-refractivity contribution in [2.24, 2.45) is 16.8 Å². The van der Waals surface area contributed by atoms with Crippen molar-refractivity contribution >= 4 is 5.71 Å². The van der Waals surface area contributed by atoms with Crippen LogP contribution in [0.4, 0.5) is 0 Å². The van der Waals surface area contributed by atoms with Crippen molar-refractivity contribution in [3.05, 3.63) is 11.8 Å². The molecule has 2 heterocycles. The Kier molecular flexibility index (Phi) is 3.32. The number of fused-ring (bicyclic) bond motifs is 1. The van der Waals surface area contributed by atoms with Gasteiger partial charge in [0.1, 0.15) is 0 Å². The van der Waals surface area contributed by atoms with Crippen molar-refractivity contribution in [3.8, 4) is 0 Å². The van der Waals surface area contributed by atoms with Crippen LogP contribution in [-0.4, -0.2) is 30.2 Å². The van der Waals surface area contributed by atoms with Crippen molar-refractivity contribution in [3.63, 3.8) is 0 Å². The Labute approximate surface area is 105 Å². The molecular weight excluding hydrogens is 208 g/mol. The highest BCUT2D eigenvalue weighted by Crippen LogP contribution is 2.37. The lowest BCUT2D eigenvalue weighted by Crippen LogP contribution is -2.25. The van der Waals surface area contributed by atoms with Gasteiger partial charge in [-0.05, 0) is 50.9 Å². The highest BCUT2D eigenvalue weighted by Gasteiger charge is 2.35. The van der Waals surface area contributed by atoms with E-state index in [1.165, 1.54) is 69.4 Å². The number of nitrogens with zero attached hydrogens (tertiary/aromatic N) is 2. The van der Waals surface area contributed by atoms with Crippen LogP contribution in [0.25, 0.3) is 0 Å². The summed E-state index contributed by atoms with van der Waals surface area (Å²) in [6.07, 6.45) is 10.2. The Hall–Kier alpha value is -0.630. The summed E-state index contributed by atoms with van der Waals surface area (Å²) in [5, 5.41) is 0. The molecule has 0 radical (unpaired) electrons. The smallest absolute Gasteiger partial charge is 0.0256 e. The van der Waals surface area contributed by atoms with Gasteiger partial charge in [0.15, 0.2) is 0 Å². The minimum atomic E-state index is 1.03. The molecule has 2 heteroatoms. The van der Waals surface area contributed by atoms with Gasteiger partial charge in [0.2, 0.25) is 0 Å². The van der Waals surface area contributed by atoms with Crippen LogP contribution in [0.3, 0.4) is 0 Å². The van der Waals surface area contributed by atoms with Crippen molar-refractivity contribution in [2.75, 3.05) is 19.6 Å². The molecule has 0 aromatic heterocycles. The number of allylic oxidation sites excluding steroid dienone is 1. The Balaban J connectivity index is 1.46. The number of aliphatic imine (C=N–C) groups is 1. The van der Waals surface area contributed by atoms with Gasteiger partial charge in [-0.15, -0.1) is 0 Å². The molecule has 3 rings (SSSR count). The molecule has 1 saturated heterocycles. The topological polar surface area (TPSA) is 15.6 Å². The first-order valence-electron chi connectivity index (χ1n) is 7.25. The molecule has 2 aliphatic heterocycles. The number of hydrogen-bond donors (Lipinski definition) is 0. The third-order valence-corrected chi connectivity index (χ3v) is 4.79. The van der Waals surface area contributed by atoms with Gasteiger partial charge in [0, 0.05) is 31.5 Å². The van der Waals surface area contributed by atoms with Gasteiger partial charge in [-0.25, -0.2) is 0 Å². The lowest BCUT2D eigenvalue weighted by molar-refractivity contribution is 0.320. The van der Waals surface area contributed by atoms with E-state index in [0.717, 1.165) is 11.8 Å². The second-order valence-corrected chi connectivity index (χ2v) is 6.13. The zero-order valence-electron chi connectivity index (χ0n) is 11.0. The fourth-order valence-electron chi connectivity index (χ4n) is 3.66. The molecule has 0 N–H and O–H groups in total. The zero-order chi connectivity index (χ0) is 11.7. The maximum atomic E-state index is 4.57.